The zero-order valence-corrected chi connectivity index (χ0v) is 15.1. The second kappa shape index (κ2) is 6.41. The van der Waals surface area contributed by atoms with E-state index in [0.717, 1.165) is 23.3 Å². The number of aromatic amines is 1. The molecule has 0 aliphatic carbocycles. The third-order valence-electron chi connectivity index (χ3n) is 3.90. The van der Waals surface area contributed by atoms with Crippen LogP contribution < -0.4 is 9.18 Å². The van der Waals surface area contributed by atoms with Crippen molar-refractivity contribution in [2.75, 3.05) is 10.8 Å². The van der Waals surface area contributed by atoms with Crippen LogP contribution in [0.3, 0.4) is 0 Å². The summed E-state index contributed by atoms with van der Waals surface area (Å²) in [6.07, 6.45) is 0.905. The van der Waals surface area contributed by atoms with E-state index in [1.165, 1.54) is 10.4 Å². The van der Waals surface area contributed by atoms with Gasteiger partial charge in [-0.2, -0.15) is 0 Å². The van der Waals surface area contributed by atoms with E-state index >= 15 is 0 Å². The molecule has 1 N–H and O–H groups in total. The highest BCUT2D eigenvalue weighted by Crippen LogP contribution is 2.26. The molecule has 24 heavy (non-hydrogen) atoms. The van der Waals surface area contributed by atoms with Gasteiger partial charge in [0, 0.05) is 6.54 Å². The first-order chi connectivity index (χ1) is 11.5. The number of aryl methyl sites for hydroxylation is 1. The van der Waals surface area contributed by atoms with E-state index in [0.29, 0.717) is 22.4 Å². The van der Waals surface area contributed by atoms with Crippen molar-refractivity contribution >= 4 is 37.3 Å². The van der Waals surface area contributed by atoms with E-state index in [2.05, 4.69) is 11.9 Å². The highest BCUT2D eigenvalue weighted by Gasteiger charge is 2.24. The molecule has 0 atom stereocenters. The van der Waals surface area contributed by atoms with Crippen LogP contribution in [0.25, 0.3) is 10.2 Å². The van der Waals surface area contributed by atoms with Gasteiger partial charge in [0.05, 0.1) is 20.8 Å². The second-order valence-electron chi connectivity index (χ2n) is 5.36. The van der Waals surface area contributed by atoms with Gasteiger partial charge in [-0.15, -0.1) is 0 Å². The zero-order valence-electron chi connectivity index (χ0n) is 13.4. The molecule has 0 aliphatic heterocycles. The van der Waals surface area contributed by atoms with Crippen molar-refractivity contribution in [3.05, 3.63) is 57.7 Å². The number of hydrogen-bond acceptors (Lipinski definition) is 4. The molecule has 0 spiro atoms. The molecule has 3 aromatic rings. The van der Waals surface area contributed by atoms with Gasteiger partial charge in [-0.3, -0.25) is 9.10 Å². The molecule has 5 nitrogen and oxygen atoms in total. The number of rotatable bonds is 5. The van der Waals surface area contributed by atoms with Crippen LogP contribution in [0.15, 0.2) is 52.2 Å². The third kappa shape index (κ3) is 2.97. The number of nitrogens with one attached hydrogen (secondary N) is 1. The average Bonchev–Trinajstić information content (AvgIpc) is 2.95. The standard InChI is InChI=1S/C17H18N2O3S2/c1-3-12-5-7-13(8-6-12)19(4-2)24(21,22)14-9-10-15-16(11-14)23-17(20)18-15/h5-11H,3-4H2,1-2H3,(H,18,20). The minimum atomic E-state index is -3.68. The molecular formula is C17H18N2O3S2. The van der Waals surface area contributed by atoms with Gasteiger partial charge in [0.1, 0.15) is 0 Å². The lowest BCUT2D eigenvalue weighted by atomic mass is 10.1. The Kier molecular flexibility index (Phi) is 4.47. The maximum absolute atomic E-state index is 13.0. The first-order valence-electron chi connectivity index (χ1n) is 7.70. The predicted molar refractivity (Wildman–Crippen MR) is 98.5 cm³/mol. The monoisotopic (exact) mass is 362 g/mol. The highest BCUT2D eigenvalue weighted by molar-refractivity contribution is 7.92. The van der Waals surface area contributed by atoms with Crippen LogP contribution in [0.1, 0.15) is 19.4 Å². The fraction of sp³-hybridized carbons (Fsp3) is 0.235. The van der Waals surface area contributed by atoms with Crippen LogP contribution in [0.2, 0.25) is 0 Å². The van der Waals surface area contributed by atoms with Crippen molar-refractivity contribution in [1.82, 2.24) is 4.98 Å². The van der Waals surface area contributed by atoms with Gasteiger partial charge >= 0.3 is 4.87 Å². The lowest BCUT2D eigenvalue weighted by molar-refractivity contribution is 0.592. The Hall–Kier alpha value is -2.12. The van der Waals surface area contributed by atoms with Crippen molar-refractivity contribution in [2.24, 2.45) is 0 Å². The van der Waals surface area contributed by atoms with Gasteiger partial charge in [0.25, 0.3) is 10.0 Å². The molecule has 0 unspecified atom stereocenters. The lowest BCUT2D eigenvalue weighted by Crippen LogP contribution is -2.30. The Morgan fingerprint density at radius 1 is 1.08 bits per heavy atom. The van der Waals surface area contributed by atoms with E-state index in [4.69, 9.17) is 0 Å². The number of fused-ring (bicyclic) bond motifs is 1. The summed E-state index contributed by atoms with van der Waals surface area (Å²) in [5, 5.41) is 0. The van der Waals surface area contributed by atoms with E-state index < -0.39 is 10.0 Å². The van der Waals surface area contributed by atoms with Gasteiger partial charge in [0.2, 0.25) is 0 Å². The van der Waals surface area contributed by atoms with Crippen LogP contribution in [-0.2, 0) is 16.4 Å². The van der Waals surface area contributed by atoms with Gasteiger partial charge in [-0.25, -0.2) is 8.42 Å². The number of hydrogen-bond donors (Lipinski definition) is 1. The number of aromatic nitrogens is 1. The number of benzene rings is 2. The summed E-state index contributed by atoms with van der Waals surface area (Å²) in [7, 11) is -3.68. The Labute approximate surface area is 144 Å². The third-order valence-corrected chi connectivity index (χ3v) is 6.64. The Bertz CT molecular complexity index is 1020. The van der Waals surface area contributed by atoms with Gasteiger partial charge in [0.15, 0.2) is 0 Å². The first-order valence-corrected chi connectivity index (χ1v) is 9.96. The summed E-state index contributed by atoms with van der Waals surface area (Å²) in [5.41, 5.74) is 2.45. The molecule has 1 aromatic heterocycles. The molecule has 126 valence electrons. The van der Waals surface area contributed by atoms with Gasteiger partial charge in [-0.05, 0) is 49.2 Å². The van der Waals surface area contributed by atoms with Crippen molar-refractivity contribution < 1.29 is 8.42 Å². The molecule has 3 rings (SSSR count). The van der Waals surface area contributed by atoms with Crippen LogP contribution in [0, 0.1) is 0 Å². The number of sulfonamides is 1. The number of anilines is 1. The lowest BCUT2D eigenvalue weighted by Gasteiger charge is -2.23. The summed E-state index contributed by atoms with van der Waals surface area (Å²) in [6, 6.07) is 12.2. The van der Waals surface area contributed by atoms with Crippen molar-refractivity contribution in [2.45, 2.75) is 25.2 Å². The van der Waals surface area contributed by atoms with Crippen molar-refractivity contribution in [3.8, 4) is 0 Å². The number of nitrogens with zero attached hydrogens (tertiary/aromatic N) is 1. The predicted octanol–water partition coefficient (Wildman–Crippen LogP) is 3.37. The SMILES string of the molecule is CCc1ccc(N(CC)S(=O)(=O)c2ccc3[nH]c(=O)sc3c2)cc1. The van der Waals surface area contributed by atoms with Crippen LogP contribution in [0.5, 0.6) is 0 Å². The fourth-order valence-corrected chi connectivity index (χ4v) is 4.95. The minimum absolute atomic E-state index is 0.187. The molecule has 0 amide bonds. The number of thiazole rings is 1. The van der Waals surface area contributed by atoms with E-state index in [-0.39, 0.29) is 9.77 Å². The topological polar surface area (TPSA) is 70.2 Å². The number of H-pyrrole nitrogens is 1. The summed E-state index contributed by atoms with van der Waals surface area (Å²) in [4.78, 5) is 14.1. The van der Waals surface area contributed by atoms with Crippen molar-refractivity contribution in [3.63, 3.8) is 0 Å². The molecule has 2 aromatic carbocycles. The maximum Gasteiger partial charge on any atom is 0.305 e. The normalized spacial score (nSPS) is 11.8. The molecule has 0 aliphatic rings. The van der Waals surface area contributed by atoms with Gasteiger partial charge < -0.3 is 4.98 Å². The van der Waals surface area contributed by atoms with Gasteiger partial charge in [-0.1, -0.05) is 30.4 Å². The fourth-order valence-electron chi connectivity index (χ4n) is 2.60. The molecule has 0 fully saturated rings. The molecule has 0 bridgehead atoms. The Morgan fingerprint density at radius 3 is 2.42 bits per heavy atom. The van der Waals surface area contributed by atoms with Crippen LogP contribution >= 0.6 is 11.3 Å². The zero-order chi connectivity index (χ0) is 17.3. The summed E-state index contributed by atoms with van der Waals surface area (Å²) in [6.45, 7) is 4.19. The summed E-state index contributed by atoms with van der Waals surface area (Å²) in [5.74, 6) is 0. The van der Waals surface area contributed by atoms with Crippen molar-refractivity contribution in [1.29, 1.82) is 0 Å². The smallest absolute Gasteiger partial charge is 0.305 e. The van der Waals surface area contributed by atoms with Crippen LogP contribution in [0.4, 0.5) is 5.69 Å². The molecule has 1 heterocycles. The molecular weight excluding hydrogens is 344 g/mol. The second-order valence-corrected chi connectivity index (χ2v) is 8.24. The minimum Gasteiger partial charge on any atom is -0.312 e. The summed E-state index contributed by atoms with van der Waals surface area (Å²) >= 11 is 1.01. The largest absolute Gasteiger partial charge is 0.312 e. The first kappa shape index (κ1) is 16.7. The van der Waals surface area contributed by atoms with Crippen LogP contribution in [-0.4, -0.2) is 19.9 Å². The van der Waals surface area contributed by atoms with E-state index in [1.54, 1.807) is 19.1 Å². The summed E-state index contributed by atoms with van der Waals surface area (Å²) < 4.78 is 28.0. The van der Waals surface area contributed by atoms with E-state index in [9.17, 15) is 13.2 Å². The molecule has 0 saturated carbocycles. The quantitative estimate of drug-likeness (QED) is 0.756. The average molecular weight is 362 g/mol. The maximum atomic E-state index is 13.0. The molecule has 0 saturated heterocycles. The Morgan fingerprint density at radius 2 is 1.79 bits per heavy atom. The Balaban J connectivity index is 2.05. The highest BCUT2D eigenvalue weighted by atomic mass is 32.2. The molecule has 7 heteroatoms. The molecule has 0 radical (unpaired) electrons. The van der Waals surface area contributed by atoms with E-state index in [1.807, 2.05) is 24.3 Å².